The Morgan fingerprint density at radius 3 is 3.07 bits per heavy atom. The number of aliphatic imine (C=N–C) groups is 1. The van der Waals surface area contributed by atoms with Gasteiger partial charge in [0.2, 0.25) is 0 Å². The van der Waals surface area contributed by atoms with E-state index < -0.39 is 0 Å². The minimum atomic E-state index is 0.0620. The molecule has 3 nitrogen and oxygen atoms in total. The van der Waals surface area contributed by atoms with E-state index in [-0.39, 0.29) is 6.23 Å². The van der Waals surface area contributed by atoms with Gasteiger partial charge in [0.25, 0.3) is 0 Å². The van der Waals surface area contributed by atoms with Crippen molar-refractivity contribution in [2.24, 2.45) is 10.9 Å². The maximum absolute atomic E-state index is 5.70. The second-order valence-electron chi connectivity index (χ2n) is 3.87. The molecule has 0 aliphatic carbocycles. The lowest BCUT2D eigenvalue weighted by Crippen LogP contribution is -2.23. The van der Waals surface area contributed by atoms with Crippen LogP contribution in [0.15, 0.2) is 28.7 Å². The number of nitrogens with one attached hydrogen (secondary N) is 1. The fourth-order valence-electron chi connectivity index (χ4n) is 1.76. The van der Waals surface area contributed by atoms with Gasteiger partial charge in [0, 0.05) is 18.8 Å². The van der Waals surface area contributed by atoms with Gasteiger partial charge in [0.15, 0.2) is 6.23 Å². The summed E-state index contributed by atoms with van der Waals surface area (Å²) in [5, 5.41) is 3.14. The third-order valence-corrected chi connectivity index (χ3v) is 2.85. The molecule has 0 amide bonds. The van der Waals surface area contributed by atoms with Crippen LogP contribution in [0.25, 0.3) is 0 Å². The van der Waals surface area contributed by atoms with Crippen molar-refractivity contribution < 1.29 is 4.74 Å². The number of allylic oxidation sites excluding steroid dienone is 1. The molecule has 0 saturated carbocycles. The Morgan fingerprint density at radius 1 is 1.73 bits per heavy atom. The first-order valence-corrected chi connectivity index (χ1v) is 5.42. The summed E-state index contributed by atoms with van der Waals surface area (Å²) in [7, 11) is 0. The molecule has 0 aromatic rings. The molecule has 2 atom stereocenters. The summed E-state index contributed by atoms with van der Waals surface area (Å²) >= 11 is 0. The molecule has 1 aliphatic heterocycles. The second-order valence-corrected chi connectivity index (χ2v) is 3.87. The van der Waals surface area contributed by atoms with E-state index in [0.29, 0.717) is 5.92 Å². The van der Waals surface area contributed by atoms with Crippen molar-refractivity contribution in [2.45, 2.75) is 39.8 Å². The highest BCUT2D eigenvalue weighted by molar-refractivity contribution is 5.25. The zero-order valence-electron chi connectivity index (χ0n) is 9.79. The van der Waals surface area contributed by atoms with Gasteiger partial charge in [-0.15, -0.1) is 0 Å². The lowest BCUT2D eigenvalue weighted by Gasteiger charge is -2.11. The smallest absolute Gasteiger partial charge is 0.172 e. The Bertz CT molecular complexity index is 281. The topological polar surface area (TPSA) is 33.6 Å². The van der Waals surface area contributed by atoms with Crippen LogP contribution in [0.5, 0.6) is 0 Å². The summed E-state index contributed by atoms with van der Waals surface area (Å²) in [6, 6.07) is 0. The zero-order valence-corrected chi connectivity index (χ0v) is 9.79. The van der Waals surface area contributed by atoms with Crippen LogP contribution in [0.3, 0.4) is 0 Å². The first-order chi connectivity index (χ1) is 7.19. The normalized spacial score (nSPS) is 23.0. The second kappa shape index (κ2) is 5.59. The van der Waals surface area contributed by atoms with Gasteiger partial charge in [0.1, 0.15) is 0 Å². The highest BCUT2D eigenvalue weighted by Gasteiger charge is 2.24. The predicted octanol–water partition coefficient (Wildman–Crippen LogP) is 2.81. The lowest BCUT2D eigenvalue weighted by atomic mass is 9.95. The van der Waals surface area contributed by atoms with Crippen LogP contribution in [-0.4, -0.2) is 12.9 Å². The first kappa shape index (κ1) is 11.8. The van der Waals surface area contributed by atoms with Crippen LogP contribution in [0, 0.1) is 5.92 Å². The molecular weight excluding hydrogens is 188 g/mol. The molecule has 1 N–H and O–H groups in total. The highest BCUT2D eigenvalue weighted by Crippen LogP contribution is 2.30. The van der Waals surface area contributed by atoms with E-state index >= 15 is 0 Å². The van der Waals surface area contributed by atoms with Crippen LogP contribution < -0.4 is 5.32 Å². The SMILES string of the molecule is C=N/C=C\NC1CC(C(C)CC)=C(C)O1. The molecular formula is C12H20N2O. The van der Waals surface area contributed by atoms with Crippen molar-refractivity contribution in [3.8, 4) is 0 Å². The van der Waals surface area contributed by atoms with Gasteiger partial charge in [-0.2, -0.15) is 0 Å². The van der Waals surface area contributed by atoms with E-state index in [1.165, 1.54) is 5.57 Å². The molecule has 15 heavy (non-hydrogen) atoms. The van der Waals surface area contributed by atoms with Crippen LogP contribution >= 0.6 is 0 Å². The fraction of sp³-hybridized carbons (Fsp3) is 0.583. The van der Waals surface area contributed by atoms with Crippen molar-refractivity contribution in [2.75, 3.05) is 0 Å². The van der Waals surface area contributed by atoms with E-state index in [4.69, 9.17) is 4.74 Å². The van der Waals surface area contributed by atoms with Crippen molar-refractivity contribution in [1.29, 1.82) is 0 Å². The molecule has 1 rings (SSSR count). The molecule has 0 aromatic heterocycles. The lowest BCUT2D eigenvalue weighted by molar-refractivity contribution is 0.127. The molecule has 2 unspecified atom stereocenters. The van der Waals surface area contributed by atoms with Crippen LogP contribution in [-0.2, 0) is 4.74 Å². The summed E-state index contributed by atoms with van der Waals surface area (Å²) in [6.07, 6.45) is 5.58. The third kappa shape index (κ3) is 3.11. The van der Waals surface area contributed by atoms with Crippen LogP contribution in [0.2, 0.25) is 0 Å². The van der Waals surface area contributed by atoms with Gasteiger partial charge >= 0.3 is 0 Å². The molecule has 0 aromatic carbocycles. The molecule has 0 radical (unpaired) electrons. The van der Waals surface area contributed by atoms with Gasteiger partial charge in [-0.05, 0) is 31.6 Å². The number of ether oxygens (including phenoxy) is 1. The minimum absolute atomic E-state index is 0.0620. The summed E-state index contributed by atoms with van der Waals surface area (Å²) in [5.41, 5.74) is 1.43. The molecule has 0 spiro atoms. The Morgan fingerprint density at radius 2 is 2.47 bits per heavy atom. The van der Waals surface area contributed by atoms with Crippen LogP contribution in [0.1, 0.15) is 33.6 Å². The Labute approximate surface area is 91.9 Å². The minimum Gasteiger partial charge on any atom is -0.475 e. The van der Waals surface area contributed by atoms with Gasteiger partial charge in [-0.3, -0.25) is 4.99 Å². The monoisotopic (exact) mass is 208 g/mol. The van der Waals surface area contributed by atoms with Crippen molar-refractivity contribution in [3.05, 3.63) is 23.7 Å². The molecule has 0 saturated heterocycles. The maximum Gasteiger partial charge on any atom is 0.172 e. The maximum atomic E-state index is 5.70. The van der Waals surface area contributed by atoms with Crippen molar-refractivity contribution >= 4 is 6.72 Å². The van der Waals surface area contributed by atoms with E-state index in [0.717, 1.165) is 18.6 Å². The van der Waals surface area contributed by atoms with E-state index in [1.54, 1.807) is 12.4 Å². The Balaban J connectivity index is 2.47. The zero-order chi connectivity index (χ0) is 11.3. The number of hydrogen-bond acceptors (Lipinski definition) is 3. The molecule has 1 aliphatic rings. The molecule has 0 bridgehead atoms. The summed E-state index contributed by atoms with van der Waals surface area (Å²) in [4.78, 5) is 3.62. The van der Waals surface area contributed by atoms with Crippen molar-refractivity contribution in [1.82, 2.24) is 5.32 Å². The predicted molar refractivity (Wildman–Crippen MR) is 63.5 cm³/mol. The largest absolute Gasteiger partial charge is 0.475 e. The number of nitrogens with zero attached hydrogens (tertiary/aromatic N) is 1. The van der Waals surface area contributed by atoms with Crippen molar-refractivity contribution in [3.63, 3.8) is 0 Å². The van der Waals surface area contributed by atoms with Crippen LogP contribution in [0.4, 0.5) is 0 Å². The molecule has 0 fully saturated rings. The van der Waals surface area contributed by atoms with E-state index in [2.05, 4.69) is 30.9 Å². The average Bonchev–Trinajstić information content (AvgIpc) is 2.59. The molecule has 3 heteroatoms. The standard InChI is InChI=1S/C12H20N2O/c1-5-9(2)11-8-12(15-10(11)3)14-7-6-13-4/h6-7,9,12,14H,4-5,8H2,1-3H3/b7-6-. The summed E-state index contributed by atoms with van der Waals surface area (Å²) in [5.74, 6) is 1.68. The van der Waals surface area contributed by atoms with Gasteiger partial charge in [-0.25, -0.2) is 0 Å². The van der Waals surface area contributed by atoms with Gasteiger partial charge in [0.05, 0.1) is 5.76 Å². The number of hydrogen-bond donors (Lipinski definition) is 1. The molecule has 84 valence electrons. The Hall–Kier alpha value is -1.25. The summed E-state index contributed by atoms with van der Waals surface area (Å²) in [6.45, 7) is 9.85. The van der Waals surface area contributed by atoms with E-state index in [9.17, 15) is 0 Å². The fourth-order valence-corrected chi connectivity index (χ4v) is 1.76. The summed E-state index contributed by atoms with van der Waals surface area (Å²) < 4.78 is 5.70. The number of rotatable bonds is 5. The quantitative estimate of drug-likeness (QED) is 0.705. The third-order valence-electron chi connectivity index (χ3n) is 2.85. The first-order valence-electron chi connectivity index (χ1n) is 5.42. The van der Waals surface area contributed by atoms with Gasteiger partial charge in [-0.1, -0.05) is 13.8 Å². The Kier molecular flexibility index (Phi) is 4.40. The molecule has 1 heterocycles. The average molecular weight is 208 g/mol. The highest BCUT2D eigenvalue weighted by atomic mass is 16.5. The van der Waals surface area contributed by atoms with Gasteiger partial charge < -0.3 is 10.1 Å². The van der Waals surface area contributed by atoms with E-state index in [1.807, 2.05) is 6.92 Å².